The van der Waals surface area contributed by atoms with Gasteiger partial charge in [0, 0.05) is 12.1 Å². The minimum absolute atomic E-state index is 0.0264. The van der Waals surface area contributed by atoms with Gasteiger partial charge in [0.05, 0.1) is 0 Å². The lowest BCUT2D eigenvalue weighted by Crippen LogP contribution is -2.43. The van der Waals surface area contributed by atoms with E-state index in [2.05, 4.69) is 5.32 Å². The zero-order valence-corrected chi connectivity index (χ0v) is 11.2. The Bertz CT molecular complexity index is 447. The first kappa shape index (κ1) is 15.4. The molecule has 1 amide bonds. The quantitative estimate of drug-likeness (QED) is 0.877. The van der Waals surface area contributed by atoms with Crippen LogP contribution in [0, 0.1) is 11.6 Å². The average molecular weight is 272 g/mol. The Morgan fingerprint density at radius 3 is 2.26 bits per heavy atom. The second-order valence-corrected chi connectivity index (χ2v) is 5.18. The number of amides is 1. The van der Waals surface area contributed by atoms with E-state index in [-0.39, 0.29) is 6.54 Å². The van der Waals surface area contributed by atoms with Crippen LogP contribution < -0.4 is 15.8 Å². The number of carbonyl (C=O) groups excluding carboxylic acids is 1. The van der Waals surface area contributed by atoms with Gasteiger partial charge in [-0.3, -0.25) is 4.79 Å². The number of hydrogen-bond acceptors (Lipinski definition) is 3. The van der Waals surface area contributed by atoms with E-state index in [9.17, 15) is 13.6 Å². The topological polar surface area (TPSA) is 64.3 Å². The van der Waals surface area contributed by atoms with Crippen molar-refractivity contribution in [3.05, 3.63) is 29.3 Å². The Morgan fingerprint density at radius 1 is 1.32 bits per heavy atom. The number of halogens is 2. The molecule has 1 rings (SSSR count). The van der Waals surface area contributed by atoms with E-state index in [1.807, 2.05) is 0 Å². The summed E-state index contributed by atoms with van der Waals surface area (Å²) in [6.45, 7) is 4.96. The van der Waals surface area contributed by atoms with Gasteiger partial charge in [0.25, 0.3) is 5.91 Å². The molecule has 0 unspecified atom stereocenters. The van der Waals surface area contributed by atoms with E-state index in [0.29, 0.717) is 5.56 Å². The van der Waals surface area contributed by atoms with E-state index in [1.54, 1.807) is 20.8 Å². The summed E-state index contributed by atoms with van der Waals surface area (Å²) in [6.07, 6.45) is 0. The molecule has 1 aromatic rings. The number of hydrogen-bond donors (Lipinski definition) is 2. The van der Waals surface area contributed by atoms with Gasteiger partial charge in [-0.05, 0) is 38.5 Å². The molecule has 4 nitrogen and oxygen atoms in total. The number of nitrogens with one attached hydrogen (secondary N) is 1. The molecular formula is C13H18F2N2O2. The fraction of sp³-hybridized carbons (Fsp3) is 0.462. The van der Waals surface area contributed by atoms with Gasteiger partial charge in [-0.1, -0.05) is 0 Å². The van der Waals surface area contributed by atoms with Crippen molar-refractivity contribution in [2.75, 3.05) is 6.61 Å². The molecule has 0 aliphatic rings. The van der Waals surface area contributed by atoms with Crippen LogP contribution in [0.5, 0.6) is 5.75 Å². The lowest BCUT2D eigenvalue weighted by Gasteiger charge is -2.20. The lowest BCUT2D eigenvalue weighted by molar-refractivity contribution is -0.124. The van der Waals surface area contributed by atoms with Gasteiger partial charge in [-0.25, -0.2) is 8.78 Å². The van der Waals surface area contributed by atoms with Crippen LogP contribution in [-0.4, -0.2) is 18.1 Å². The van der Waals surface area contributed by atoms with Gasteiger partial charge in [0.2, 0.25) is 0 Å². The zero-order valence-electron chi connectivity index (χ0n) is 11.2. The highest BCUT2D eigenvalue weighted by Crippen LogP contribution is 2.23. The van der Waals surface area contributed by atoms with Crippen LogP contribution in [0.3, 0.4) is 0 Å². The third-order valence-electron chi connectivity index (χ3n) is 2.16. The van der Waals surface area contributed by atoms with Crippen molar-refractivity contribution >= 4 is 5.91 Å². The molecule has 0 bridgehead atoms. The number of benzene rings is 1. The summed E-state index contributed by atoms with van der Waals surface area (Å²) in [4.78, 5) is 11.5. The molecule has 0 fully saturated rings. The van der Waals surface area contributed by atoms with Gasteiger partial charge in [0.15, 0.2) is 24.0 Å². The van der Waals surface area contributed by atoms with Gasteiger partial charge >= 0.3 is 0 Å². The Balaban J connectivity index is 2.71. The first-order valence-corrected chi connectivity index (χ1v) is 5.84. The second kappa shape index (κ2) is 5.97. The molecule has 0 atom stereocenters. The molecule has 0 spiro atoms. The molecule has 0 heterocycles. The normalized spacial score (nSPS) is 11.3. The van der Waals surface area contributed by atoms with E-state index in [4.69, 9.17) is 10.5 Å². The fourth-order valence-corrected chi connectivity index (χ4v) is 1.46. The third-order valence-corrected chi connectivity index (χ3v) is 2.16. The van der Waals surface area contributed by atoms with Crippen LogP contribution in [0.1, 0.15) is 26.3 Å². The van der Waals surface area contributed by atoms with Crippen molar-refractivity contribution in [2.45, 2.75) is 32.9 Å². The highest BCUT2D eigenvalue weighted by atomic mass is 19.1. The van der Waals surface area contributed by atoms with Crippen LogP contribution in [0.4, 0.5) is 8.78 Å². The van der Waals surface area contributed by atoms with Crippen LogP contribution in [0.2, 0.25) is 0 Å². The average Bonchev–Trinajstić information content (AvgIpc) is 2.25. The van der Waals surface area contributed by atoms with Gasteiger partial charge in [0.1, 0.15) is 0 Å². The van der Waals surface area contributed by atoms with E-state index < -0.39 is 35.4 Å². The van der Waals surface area contributed by atoms with Crippen molar-refractivity contribution in [3.63, 3.8) is 0 Å². The monoisotopic (exact) mass is 272 g/mol. The molecule has 0 radical (unpaired) electrons. The summed E-state index contributed by atoms with van der Waals surface area (Å²) in [5.41, 5.74) is 5.18. The predicted octanol–water partition coefficient (Wildman–Crippen LogP) is 1.72. The summed E-state index contributed by atoms with van der Waals surface area (Å²) in [5.74, 6) is -2.76. The minimum Gasteiger partial charge on any atom is -0.478 e. The summed E-state index contributed by atoms with van der Waals surface area (Å²) in [5, 5.41) is 2.62. The third kappa shape index (κ3) is 4.82. The standard InChI is InChI=1S/C13H18F2N2O2/c1-13(2,3)17-11(18)7-19-12-9(14)4-8(6-16)5-10(12)15/h4-5H,6-7,16H2,1-3H3,(H,17,18). The molecule has 3 N–H and O–H groups in total. The Kier molecular flexibility index (Phi) is 4.83. The van der Waals surface area contributed by atoms with Crippen molar-refractivity contribution in [1.82, 2.24) is 5.32 Å². The van der Waals surface area contributed by atoms with Crippen LogP contribution >= 0.6 is 0 Å². The van der Waals surface area contributed by atoms with E-state index >= 15 is 0 Å². The number of rotatable bonds is 4. The highest BCUT2D eigenvalue weighted by molar-refractivity contribution is 5.78. The number of carbonyl (C=O) groups is 1. The Hall–Kier alpha value is -1.69. The SMILES string of the molecule is CC(C)(C)NC(=O)COc1c(F)cc(CN)cc1F. The molecular weight excluding hydrogens is 254 g/mol. The number of nitrogens with two attached hydrogens (primary N) is 1. The molecule has 6 heteroatoms. The Labute approximate surface area is 110 Å². The lowest BCUT2D eigenvalue weighted by atomic mass is 10.1. The second-order valence-electron chi connectivity index (χ2n) is 5.18. The van der Waals surface area contributed by atoms with Gasteiger partial charge in [-0.15, -0.1) is 0 Å². The van der Waals surface area contributed by atoms with E-state index in [0.717, 1.165) is 12.1 Å². The molecule has 0 aromatic heterocycles. The van der Waals surface area contributed by atoms with Gasteiger partial charge < -0.3 is 15.8 Å². The molecule has 106 valence electrons. The number of ether oxygens (including phenoxy) is 1. The van der Waals surface area contributed by atoms with Gasteiger partial charge in [-0.2, -0.15) is 0 Å². The molecule has 0 aliphatic carbocycles. The maximum Gasteiger partial charge on any atom is 0.258 e. The van der Waals surface area contributed by atoms with Crippen LogP contribution in [0.25, 0.3) is 0 Å². The Morgan fingerprint density at radius 2 is 1.84 bits per heavy atom. The predicted molar refractivity (Wildman–Crippen MR) is 67.6 cm³/mol. The van der Waals surface area contributed by atoms with Crippen LogP contribution in [0.15, 0.2) is 12.1 Å². The fourth-order valence-electron chi connectivity index (χ4n) is 1.46. The summed E-state index contributed by atoms with van der Waals surface area (Å²) in [7, 11) is 0. The molecule has 0 saturated heterocycles. The first-order chi connectivity index (χ1) is 8.73. The maximum atomic E-state index is 13.5. The molecule has 19 heavy (non-hydrogen) atoms. The van der Waals surface area contributed by atoms with Crippen LogP contribution in [-0.2, 0) is 11.3 Å². The summed E-state index contributed by atoms with van der Waals surface area (Å²) < 4.78 is 31.9. The minimum atomic E-state index is -0.871. The van der Waals surface area contributed by atoms with Crippen molar-refractivity contribution in [1.29, 1.82) is 0 Å². The van der Waals surface area contributed by atoms with Crippen molar-refractivity contribution in [2.24, 2.45) is 5.73 Å². The molecule has 1 aromatic carbocycles. The van der Waals surface area contributed by atoms with Crippen molar-refractivity contribution < 1.29 is 18.3 Å². The summed E-state index contributed by atoms with van der Waals surface area (Å²) >= 11 is 0. The zero-order chi connectivity index (χ0) is 14.6. The van der Waals surface area contributed by atoms with Crippen molar-refractivity contribution in [3.8, 4) is 5.75 Å². The first-order valence-electron chi connectivity index (χ1n) is 5.84. The van der Waals surface area contributed by atoms with E-state index in [1.165, 1.54) is 0 Å². The maximum absolute atomic E-state index is 13.5. The summed E-state index contributed by atoms with van der Waals surface area (Å²) in [6, 6.07) is 2.17. The molecule has 0 saturated carbocycles. The largest absolute Gasteiger partial charge is 0.478 e. The smallest absolute Gasteiger partial charge is 0.258 e. The highest BCUT2D eigenvalue weighted by Gasteiger charge is 2.17. The molecule has 0 aliphatic heterocycles.